The van der Waals surface area contributed by atoms with Crippen LogP contribution in [0.25, 0.3) is 0 Å². The van der Waals surface area contributed by atoms with Crippen molar-refractivity contribution in [2.75, 3.05) is 18.5 Å². The number of alkyl halides is 1. The van der Waals surface area contributed by atoms with E-state index in [-0.39, 0.29) is 29.5 Å². The predicted octanol–water partition coefficient (Wildman–Crippen LogP) is 3.14. The van der Waals surface area contributed by atoms with E-state index >= 15 is 0 Å². The smallest absolute Gasteiger partial charge is 0.311 e. The molecule has 1 N–H and O–H groups in total. The van der Waals surface area contributed by atoms with Crippen molar-refractivity contribution in [3.8, 4) is 5.75 Å². The first-order valence-electron chi connectivity index (χ1n) is 6.75. The highest BCUT2D eigenvalue weighted by atomic mass is 79.9. The number of nitro groups is 1. The first-order valence-corrected chi connectivity index (χ1v) is 7.87. The average molecular weight is 359 g/mol. The van der Waals surface area contributed by atoms with Crippen molar-refractivity contribution in [3.63, 3.8) is 0 Å². The van der Waals surface area contributed by atoms with E-state index in [9.17, 15) is 14.9 Å². The van der Waals surface area contributed by atoms with Gasteiger partial charge in [0.15, 0.2) is 0 Å². The Labute approximate surface area is 132 Å². The minimum absolute atomic E-state index is 0.0237. The second-order valence-corrected chi connectivity index (χ2v) is 5.43. The largest absolute Gasteiger partial charge is 0.487 e. The number of para-hydroxylation sites is 1. The molecule has 1 aromatic carbocycles. The van der Waals surface area contributed by atoms with Crippen LogP contribution in [0.15, 0.2) is 18.2 Å². The number of rotatable bonds is 8. The molecule has 116 valence electrons. The zero-order valence-corrected chi connectivity index (χ0v) is 13.7. The van der Waals surface area contributed by atoms with Crippen molar-refractivity contribution in [2.24, 2.45) is 5.92 Å². The molecule has 0 aromatic heterocycles. The molecule has 1 rings (SSSR count). The highest BCUT2D eigenvalue weighted by molar-refractivity contribution is 9.09. The second kappa shape index (κ2) is 8.61. The molecule has 0 heterocycles. The fourth-order valence-corrected chi connectivity index (χ4v) is 2.58. The molecular weight excluding hydrogens is 340 g/mol. The van der Waals surface area contributed by atoms with Gasteiger partial charge in [-0.05, 0) is 25.3 Å². The molecule has 1 aromatic rings. The van der Waals surface area contributed by atoms with Crippen LogP contribution in [-0.4, -0.2) is 29.3 Å². The summed E-state index contributed by atoms with van der Waals surface area (Å²) in [5, 5.41) is 14.7. The number of nitro benzene ring substituents is 1. The van der Waals surface area contributed by atoms with Gasteiger partial charge >= 0.3 is 5.69 Å². The molecule has 0 bridgehead atoms. The summed E-state index contributed by atoms with van der Waals surface area (Å²) in [6, 6.07) is 4.34. The molecular formula is C14H19BrN2O4. The van der Waals surface area contributed by atoms with Crippen LogP contribution in [-0.2, 0) is 0 Å². The normalized spacial score (nSPS) is 11.8. The van der Waals surface area contributed by atoms with Crippen LogP contribution in [0, 0.1) is 16.0 Å². The summed E-state index contributed by atoms with van der Waals surface area (Å²) in [5.74, 6) is -0.0122. The van der Waals surface area contributed by atoms with E-state index in [4.69, 9.17) is 4.74 Å². The monoisotopic (exact) mass is 358 g/mol. The van der Waals surface area contributed by atoms with E-state index < -0.39 is 4.92 Å². The van der Waals surface area contributed by atoms with Crippen molar-refractivity contribution in [1.82, 2.24) is 5.32 Å². The SMILES string of the molecule is CCOc1c(C(=O)NCC(C)CCBr)cccc1[N+](=O)[O-]. The van der Waals surface area contributed by atoms with Crippen molar-refractivity contribution < 1.29 is 14.5 Å². The molecule has 0 aliphatic rings. The van der Waals surface area contributed by atoms with Gasteiger partial charge in [0.2, 0.25) is 5.75 Å². The number of carbonyl (C=O) groups excluding carboxylic acids is 1. The van der Waals surface area contributed by atoms with Crippen LogP contribution >= 0.6 is 15.9 Å². The van der Waals surface area contributed by atoms with Gasteiger partial charge in [0, 0.05) is 17.9 Å². The Morgan fingerprint density at radius 2 is 2.24 bits per heavy atom. The Bertz CT molecular complexity index is 508. The van der Waals surface area contributed by atoms with E-state index in [2.05, 4.69) is 21.2 Å². The van der Waals surface area contributed by atoms with Gasteiger partial charge in [0.05, 0.1) is 17.1 Å². The van der Waals surface area contributed by atoms with Crippen molar-refractivity contribution in [1.29, 1.82) is 0 Å². The second-order valence-electron chi connectivity index (χ2n) is 4.64. The minimum Gasteiger partial charge on any atom is -0.487 e. The average Bonchev–Trinajstić information content (AvgIpc) is 2.45. The number of nitrogens with one attached hydrogen (secondary N) is 1. The fraction of sp³-hybridized carbons (Fsp3) is 0.500. The van der Waals surface area contributed by atoms with E-state index in [0.29, 0.717) is 12.5 Å². The Kier molecular flexibility index (Phi) is 7.14. The number of ether oxygens (including phenoxy) is 1. The zero-order chi connectivity index (χ0) is 15.8. The summed E-state index contributed by atoms with van der Waals surface area (Å²) >= 11 is 3.35. The Hall–Kier alpha value is -1.63. The summed E-state index contributed by atoms with van der Waals surface area (Å²) in [6.45, 7) is 4.51. The lowest BCUT2D eigenvalue weighted by Crippen LogP contribution is -2.29. The van der Waals surface area contributed by atoms with E-state index in [1.165, 1.54) is 18.2 Å². The molecule has 1 amide bonds. The third kappa shape index (κ3) is 5.00. The molecule has 21 heavy (non-hydrogen) atoms. The maximum Gasteiger partial charge on any atom is 0.311 e. The summed E-state index contributed by atoms with van der Waals surface area (Å²) in [5.41, 5.74) is -0.00454. The Morgan fingerprint density at radius 1 is 1.52 bits per heavy atom. The Morgan fingerprint density at radius 3 is 2.81 bits per heavy atom. The molecule has 1 atom stereocenters. The summed E-state index contributed by atoms with van der Waals surface area (Å²) in [7, 11) is 0. The van der Waals surface area contributed by atoms with Gasteiger partial charge in [0.25, 0.3) is 5.91 Å². The van der Waals surface area contributed by atoms with Gasteiger partial charge in [-0.3, -0.25) is 14.9 Å². The number of nitrogens with zero attached hydrogens (tertiary/aromatic N) is 1. The molecule has 7 heteroatoms. The standard InChI is InChI=1S/C14H19BrN2O4/c1-3-21-13-11(5-4-6-12(13)17(19)20)14(18)16-9-10(2)7-8-15/h4-6,10H,3,7-9H2,1-2H3,(H,16,18). The molecule has 0 saturated carbocycles. The highest BCUT2D eigenvalue weighted by Crippen LogP contribution is 2.30. The summed E-state index contributed by atoms with van der Waals surface area (Å²) < 4.78 is 5.29. The molecule has 1 unspecified atom stereocenters. The van der Waals surface area contributed by atoms with Crippen LogP contribution in [0.1, 0.15) is 30.6 Å². The molecule has 0 spiro atoms. The van der Waals surface area contributed by atoms with Crippen molar-refractivity contribution >= 4 is 27.5 Å². The highest BCUT2D eigenvalue weighted by Gasteiger charge is 2.23. The molecule has 0 aliphatic carbocycles. The molecule has 0 radical (unpaired) electrons. The van der Waals surface area contributed by atoms with Gasteiger partial charge in [-0.15, -0.1) is 0 Å². The third-order valence-electron chi connectivity index (χ3n) is 2.94. The summed E-state index contributed by atoms with van der Waals surface area (Å²) in [4.78, 5) is 22.7. The number of halogens is 1. The van der Waals surface area contributed by atoms with Crippen LogP contribution in [0.2, 0.25) is 0 Å². The Balaban J connectivity index is 2.92. The topological polar surface area (TPSA) is 81.5 Å². The molecule has 0 saturated heterocycles. The number of benzene rings is 1. The fourth-order valence-electron chi connectivity index (χ4n) is 1.79. The molecule has 0 aliphatic heterocycles. The summed E-state index contributed by atoms with van der Waals surface area (Å²) in [6.07, 6.45) is 0.938. The maximum absolute atomic E-state index is 12.2. The minimum atomic E-state index is -0.546. The maximum atomic E-state index is 12.2. The first-order chi connectivity index (χ1) is 10.0. The third-order valence-corrected chi connectivity index (χ3v) is 3.40. The van der Waals surface area contributed by atoms with Gasteiger partial charge in [-0.1, -0.05) is 28.9 Å². The van der Waals surface area contributed by atoms with Gasteiger partial charge in [-0.2, -0.15) is 0 Å². The van der Waals surface area contributed by atoms with Crippen LogP contribution < -0.4 is 10.1 Å². The van der Waals surface area contributed by atoms with Gasteiger partial charge in [0.1, 0.15) is 0 Å². The molecule has 6 nitrogen and oxygen atoms in total. The van der Waals surface area contributed by atoms with Crippen LogP contribution in [0.5, 0.6) is 5.75 Å². The predicted molar refractivity (Wildman–Crippen MR) is 84.2 cm³/mol. The van der Waals surface area contributed by atoms with Gasteiger partial charge in [-0.25, -0.2) is 0 Å². The van der Waals surface area contributed by atoms with Crippen molar-refractivity contribution in [2.45, 2.75) is 20.3 Å². The van der Waals surface area contributed by atoms with Crippen molar-refractivity contribution in [3.05, 3.63) is 33.9 Å². The quantitative estimate of drug-likeness (QED) is 0.439. The van der Waals surface area contributed by atoms with Crippen LogP contribution in [0.4, 0.5) is 5.69 Å². The lowest BCUT2D eigenvalue weighted by molar-refractivity contribution is -0.385. The van der Waals surface area contributed by atoms with Crippen LogP contribution in [0.3, 0.4) is 0 Å². The number of amides is 1. The van der Waals surface area contributed by atoms with Gasteiger partial charge < -0.3 is 10.1 Å². The first kappa shape index (κ1) is 17.4. The lowest BCUT2D eigenvalue weighted by atomic mass is 10.1. The van der Waals surface area contributed by atoms with E-state index in [1.807, 2.05) is 6.92 Å². The zero-order valence-electron chi connectivity index (χ0n) is 12.1. The molecule has 0 fully saturated rings. The van der Waals surface area contributed by atoms with E-state index in [1.54, 1.807) is 6.92 Å². The number of carbonyl (C=O) groups is 1. The number of hydrogen-bond donors (Lipinski definition) is 1. The van der Waals surface area contributed by atoms with E-state index in [0.717, 1.165) is 11.8 Å². The lowest BCUT2D eigenvalue weighted by Gasteiger charge is -2.13. The number of hydrogen-bond acceptors (Lipinski definition) is 4.